The van der Waals surface area contributed by atoms with Crippen LogP contribution in [0.2, 0.25) is 0 Å². The molecule has 1 heterocycles. The number of nitrogens with two attached hydrogens (primary N) is 1. The first-order valence-electron chi connectivity index (χ1n) is 6.09. The van der Waals surface area contributed by atoms with Crippen LogP contribution in [0.25, 0.3) is 0 Å². The van der Waals surface area contributed by atoms with Crippen LogP contribution in [0.3, 0.4) is 0 Å². The molecule has 0 radical (unpaired) electrons. The van der Waals surface area contributed by atoms with Crippen molar-refractivity contribution in [1.82, 2.24) is 9.97 Å². The molecule has 5 heteroatoms. The van der Waals surface area contributed by atoms with Gasteiger partial charge in [-0.2, -0.15) is 0 Å². The summed E-state index contributed by atoms with van der Waals surface area (Å²) in [5.74, 6) is 3.19. The summed E-state index contributed by atoms with van der Waals surface area (Å²) in [7, 11) is 1.58. The molecule has 1 fully saturated rings. The fraction of sp³-hybridized carbons (Fsp3) is 0.667. The van der Waals surface area contributed by atoms with Crippen molar-refractivity contribution in [2.75, 3.05) is 24.7 Å². The van der Waals surface area contributed by atoms with E-state index in [-0.39, 0.29) is 0 Å². The van der Waals surface area contributed by atoms with E-state index in [1.54, 1.807) is 7.11 Å². The fourth-order valence-corrected chi connectivity index (χ4v) is 2.47. The van der Waals surface area contributed by atoms with Gasteiger partial charge in [0.15, 0.2) is 11.6 Å². The van der Waals surface area contributed by atoms with E-state index in [4.69, 9.17) is 10.5 Å². The zero-order valence-corrected chi connectivity index (χ0v) is 10.4. The highest BCUT2D eigenvalue weighted by Crippen LogP contribution is 2.32. The number of hydrogen-bond acceptors (Lipinski definition) is 5. The van der Waals surface area contributed by atoms with Crippen molar-refractivity contribution < 1.29 is 4.74 Å². The minimum absolute atomic E-state index is 0.379. The molecule has 2 unspecified atom stereocenters. The molecule has 0 amide bonds. The van der Waals surface area contributed by atoms with Crippen LogP contribution in [-0.2, 0) is 0 Å². The lowest BCUT2D eigenvalue weighted by Gasteiger charge is -2.14. The minimum atomic E-state index is 0.379. The normalized spacial score (nSPS) is 23.6. The largest absolute Gasteiger partial charge is 0.490 e. The molecule has 1 aliphatic carbocycles. The lowest BCUT2D eigenvalue weighted by Crippen LogP contribution is -2.14. The van der Waals surface area contributed by atoms with Gasteiger partial charge in [-0.1, -0.05) is 13.3 Å². The van der Waals surface area contributed by atoms with Crippen LogP contribution in [0.5, 0.6) is 5.75 Å². The molecule has 2 atom stereocenters. The highest BCUT2D eigenvalue weighted by Gasteiger charge is 2.21. The molecular formula is C12H20N4O. The number of nitrogens with zero attached hydrogens (tertiary/aromatic N) is 2. The van der Waals surface area contributed by atoms with E-state index < -0.39 is 0 Å². The van der Waals surface area contributed by atoms with Crippen molar-refractivity contribution in [3.63, 3.8) is 0 Å². The van der Waals surface area contributed by atoms with E-state index in [0.29, 0.717) is 17.4 Å². The van der Waals surface area contributed by atoms with Gasteiger partial charge in [0, 0.05) is 6.54 Å². The third-order valence-corrected chi connectivity index (χ3v) is 3.40. The Labute approximate surface area is 102 Å². The quantitative estimate of drug-likeness (QED) is 0.835. The second kappa shape index (κ2) is 5.21. The molecule has 3 N–H and O–H groups in total. The fourth-order valence-electron chi connectivity index (χ4n) is 2.47. The summed E-state index contributed by atoms with van der Waals surface area (Å²) >= 11 is 0. The number of ether oxygens (including phenoxy) is 1. The van der Waals surface area contributed by atoms with E-state index in [1.807, 2.05) is 0 Å². The number of rotatable bonds is 4. The van der Waals surface area contributed by atoms with Crippen LogP contribution in [-0.4, -0.2) is 23.6 Å². The Morgan fingerprint density at radius 3 is 2.94 bits per heavy atom. The Kier molecular flexibility index (Phi) is 3.66. The van der Waals surface area contributed by atoms with Crippen LogP contribution in [0.15, 0.2) is 6.33 Å². The highest BCUT2D eigenvalue weighted by atomic mass is 16.5. The first kappa shape index (κ1) is 12.0. The summed E-state index contributed by atoms with van der Waals surface area (Å²) in [6, 6.07) is 0. The molecule has 0 aliphatic heterocycles. The molecule has 0 spiro atoms. The molecule has 0 saturated heterocycles. The SMILES string of the molecule is COc1c(N)ncnc1NCC1CCC(C)C1. The number of anilines is 2. The Morgan fingerprint density at radius 1 is 1.47 bits per heavy atom. The van der Waals surface area contributed by atoms with E-state index in [0.717, 1.165) is 18.4 Å². The predicted molar refractivity (Wildman–Crippen MR) is 68.0 cm³/mol. The van der Waals surface area contributed by atoms with Crippen LogP contribution >= 0.6 is 0 Å². The highest BCUT2D eigenvalue weighted by molar-refractivity contribution is 5.61. The summed E-state index contributed by atoms with van der Waals surface area (Å²) < 4.78 is 5.20. The first-order chi connectivity index (χ1) is 8.20. The molecule has 2 rings (SSSR count). The second-order valence-corrected chi connectivity index (χ2v) is 4.81. The zero-order valence-electron chi connectivity index (χ0n) is 10.4. The van der Waals surface area contributed by atoms with Crippen molar-refractivity contribution in [3.8, 4) is 5.75 Å². The van der Waals surface area contributed by atoms with Gasteiger partial charge in [-0.05, 0) is 24.7 Å². The lowest BCUT2D eigenvalue weighted by atomic mass is 10.1. The molecule has 1 aliphatic rings. The zero-order chi connectivity index (χ0) is 12.3. The van der Waals surface area contributed by atoms with Gasteiger partial charge >= 0.3 is 0 Å². The number of nitrogens with one attached hydrogen (secondary N) is 1. The van der Waals surface area contributed by atoms with Gasteiger partial charge < -0.3 is 15.8 Å². The Balaban J connectivity index is 1.97. The van der Waals surface area contributed by atoms with Crippen molar-refractivity contribution in [3.05, 3.63) is 6.33 Å². The van der Waals surface area contributed by atoms with Crippen LogP contribution in [0.4, 0.5) is 11.6 Å². The average molecular weight is 236 g/mol. The van der Waals surface area contributed by atoms with E-state index >= 15 is 0 Å². The van der Waals surface area contributed by atoms with E-state index in [1.165, 1.54) is 25.6 Å². The summed E-state index contributed by atoms with van der Waals surface area (Å²) in [6.45, 7) is 3.24. The summed E-state index contributed by atoms with van der Waals surface area (Å²) in [5, 5.41) is 3.31. The monoisotopic (exact) mass is 236 g/mol. The van der Waals surface area contributed by atoms with Crippen molar-refractivity contribution in [2.24, 2.45) is 11.8 Å². The van der Waals surface area contributed by atoms with E-state index in [9.17, 15) is 0 Å². The maximum atomic E-state index is 5.72. The second-order valence-electron chi connectivity index (χ2n) is 4.81. The number of hydrogen-bond donors (Lipinski definition) is 2. The van der Waals surface area contributed by atoms with Gasteiger partial charge in [-0.25, -0.2) is 9.97 Å². The molecule has 0 aromatic carbocycles. The maximum Gasteiger partial charge on any atom is 0.203 e. The Hall–Kier alpha value is -1.52. The van der Waals surface area contributed by atoms with Gasteiger partial charge in [0.05, 0.1) is 7.11 Å². The standard InChI is InChI=1S/C12H20N4O/c1-8-3-4-9(5-8)6-14-12-10(17-2)11(13)15-7-16-12/h7-9H,3-6H2,1-2H3,(H3,13,14,15,16). The maximum absolute atomic E-state index is 5.72. The molecule has 1 aromatic rings. The van der Waals surface area contributed by atoms with E-state index in [2.05, 4.69) is 22.2 Å². The third kappa shape index (κ3) is 2.78. The Morgan fingerprint density at radius 2 is 2.29 bits per heavy atom. The smallest absolute Gasteiger partial charge is 0.203 e. The minimum Gasteiger partial charge on any atom is -0.490 e. The average Bonchev–Trinajstić information content (AvgIpc) is 2.72. The van der Waals surface area contributed by atoms with Crippen molar-refractivity contribution in [1.29, 1.82) is 0 Å². The molecular weight excluding hydrogens is 216 g/mol. The summed E-state index contributed by atoms with van der Waals surface area (Å²) in [5.41, 5.74) is 5.72. The molecule has 1 aromatic heterocycles. The van der Waals surface area contributed by atoms with Gasteiger partial charge in [0.25, 0.3) is 0 Å². The third-order valence-electron chi connectivity index (χ3n) is 3.40. The Bertz CT molecular complexity index is 383. The number of aromatic nitrogens is 2. The van der Waals surface area contributed by atoms with Crippen molar-refractivity contribution >= 4 is 11.6 Å². The predicted octanol–water partition coefficient (Wildman–Crippen LogP) is 1.92. The molecule has 17 heavy (non-hydrogen) atoms. The summed E-state index contributed by atoms with van der Waals surface area (Å²) in [4.78, 5) is 8.07. The topological polar surface area (TPSA) is 73.1 Å². The van der Waals surface area contributed by atoms with Gasteiger partial charge in [-0.15, -0.1) is 0 Å². The molecule has 94 valence electrons. The summed E-state index contributed by atoms with van der Waals surface area (Å²) in [6.07, 6.45) is 5.36. The van der Waals surface area contributed by atoms with Crippen LogP contribution < -0.4 is 15.8 Å². The van der Waals surface area contributed by atoms with Crippen LogP contribution in [0, 0.1) is 11.8 Å². The number of methoxy groups -OCH3 is 1. The molecule has 5 nitrogen and oxygen atoms in total. The van der Waals surface area contributed by atoms with Crippen molar-refractivity contribution in [2.45, 2.75) is 26.2 Å². The first-order valence-corrected chi connectivity index (χ1v) is 6.09. The van der Waals surface area contributed by atoms with Gasteiger partial charge in [-0.3, -0.25) is 0 Å². The molecule has 1 saturated carbocycles. The number of nitrogen functional groups attached to an aromatic ring is 1. The van der Waals surface area contributed by atoms with Crippen LogP contribution in [0.1, 0.15) is 26.2 Å². The molecule has 0 bridgehead atoms. The van der Waals surface area contributed by atoms with Gasteiger partial charge in [0.2, 0.25) is 5.75 Å². The van der Waals surface area contributed by atoms with Gasteiger partial charge in [0.1, 0.15) is 6.33 Å². The lowest BCUT2D eigenvalue weighted by molar-refractivity contribution is 0.414.